The highest BCUT2D eigenvalue weighted by Crippen LogP contribution is 2.45. The SMILES string of the molecule is CN(C)CCCC1(c2ccc(F)cc2)OCc2cc(CN)ccc21. The average molecular weight is 328 g/mol. The lowest BCUT2D eigenvalue weighted by Gasteiger charge is -2.31. The molecule has 1 aliphatic rings. The van der Waals surface area contributed by atoms with Gasteiger partial charge in [0.05, 0.1) is 6.61 Å². The normalized spacial score (nSPS) is 19.7. The van der Waals surface area contributed by atoms with Crippen LogP contribution in [-0.2, 0) is 23.5 Å². The summed E-state index contributed by atoms with van der Waals surface area (Å²) in [6.45, 7) is 2.09. The molecule has 2 N–H and O–H groups in total. The minimum atomic E-state index is -0.494. The zero-order valence-corrected chi connectivity index (χ0v) is 14.4. The van der Waals surface area contributed by atoms with Crippen LogP contribution in [0, 0.1) is 5.82 Å². The quantitative estimate of drug-likeness (QED) is 0.883. The molecular formula is C20H25FN2O. The van der Waals surface area contributed by atoms with E-state index in [0.717, 1.165) is 30.5 Å². The summed E-state index contributed by atoms with van der Waals surface area (Å²) < 4.78 is 19.7. The van der Waals surface area contributed by atoms with Crippen LogP contribution in [0.2, 0.25) is 0 Å². The van der Waals surface area contributed by atoms with Gasteiger partial charge in [-0.3, -0.25) is 0 Å². The van der Waals surface area contributed by atoms with E-state index in [9.17, 15) is 4.39 Å². The highest BCUT2D eigenvalue weighted by Gasteiger charge is 2.41. The number of hydrogen-bond donors (Lipinski definition) is 1. The van der Waals surface area contributed by atoms with Crippen LogP contribution in [0.5, 0.6) is 0 Å². The van der Waals surface area contributed by atoms with Crippen molar-refractivity contribution in [3.63, 3.8) is 0 Å². The largest absolute Gasteiger partial charge is 0.361 e. The van der Waals surface area contributed by atoms with E-state index in [2.05, 4.69) is 37.2 Å². The number of rotatable bonds is 6. The number of fused-ring (bicyclic) bond motifs is 1. The van der Waals surface area contributed by atoms with E-state index < -0.39 is 5.60 Å². The first-order chi connectivity index (χ1) is 11.5. The standard InChI is InChI=1S/C20H25FN2O/c1-23(2)11-3-10-20(17-5-7-18(21)8-6-17)19-9-4-15(13-22)12-16(19)14-24-20/h4-9,12H,3,10-11,13-14,22H2,1-2H3. The van der Waals surface area contributed by atoms with Crippen molar-refractivity contribution in [3.05, 3.63) is 70.5 Å². The van der Waals surface area contributed by atoms with Gasteiger partial charge in [0.15, 0.2) is 0 Å². The van der Waals surface area contributed by atoms with Crippen molar-refractivity contribution in [1.29, 1.82) is 0 Å². The van der Waals surface area contributed by atoms with Gasteiger partial charge in [-0.15, -0.1) is 0 Å². The molecule has 1 atom stereocenters. The van der Waals surface area contributed by atoms with E-state index in [0.29, 0.717) is 13.2 Å². The molecule has 0 bridgehead atoms. The minimum Gasteiger partial charge on any atom is -0.361 e. The molecule has 2 aromatic rings. The molecule has 24 heavy (non-hydrogen) atoms. The van der Waals surface area contributed by atoms with Crippen LogP contribution < -0.4 is 5.73 Å². The van der Waals surface area contributed by atoms with Crippen molar-refractivity contribution in [3.8, 4) is 0 Å². The Morgan fingerprint density at radius 2 is 1.92 bits per heavy atom. The van der Waals surface area contributed by atoms with Gasteiger partial charge in [0.25, 0.3) is 0 Å². The first-order valence-electron chi connectivity index (χ1n) is 8.42. The Morgan fingerprint density at radius 3 is 2.58 bits per heavy atom. The Labute approximate surface area is 143 Å². The van der Waals surface area contributed by atoms with Gasteiger partial charge < -0.3 is 15.4 Å². The molecule has 0 radical (unpaired) electrons. The van der Waals surface area contributed by atoms with Crippen LogP contribution >= 0.6 is 0 Å². The van der Waals surface area contributed by atoms with Crippen LogP contribution in [0.3, 0.4) is 0 Å². The Hall–Kier alpha value is -1.75. The molecule has 0 aliphatic carbocycles. The van der Waals surface area contributed by atoms with Crippen molar-refractivity contribution in [2.75, 3.05) is 20.6 Å². The maximum absolute atomic E-state index is 13.4. The maximum Gasteiger partial charge on any atom is 0.123 e. The fourth-order valence-corrected chi connectivity index (χ4v) is 3.52. The summed E-state index contributed by atoms with van der Waals surface area (Å²) in [5.41, 5.74) is 9.77. The van der Waals surface area contributed by atoms with Crippen molar-refractivity contribution < 1.29 is 9.13 Å². The van der Waals surface area contributed by atoms with E-state index in [1.807, 2.05) is 12.1 Å². The second kappa shape index (κ2) is 7.01. The van der Waals surface area contributed by atoms with E-state index in [4.69, 9.17) is 10.5 Å². The van der Waals surface area contributed by atoms with Gasteiger partial charge in [0, 0.05) is 6.54 Å². The zero-order chi connectivity index (χ0) is 17.2. The fraction of sp³-hybridized carbons (Fsp3) is 0.400. The molecule has 0 aromatic heterocycles. The third-order valence-electron chi connectivity index (χ3n) is 4.76. The number of nitrogens with zero attached hydrogens (tertiary/aromatic N) is 1. The van der Waals surface area contributed by atoms with Crippen LogP contribution in [0.1, 0.15) is 35.1 Å². The van der Waals surface area contributed by atoms with Crippen LogP contribution in [-0.4, -0.2) is 25.5 Å². The monoisotopic (exact) mass is 328 g/mol. The Balaban J connectivity index is 2.00. The number of halogens is 1. The average Bonchev–Trinajstić information content (AvgIpc) is 2.94. The highest BCUT2D eigenvalue weighted by atomic mass is 19.1. The lowest BCUT2D eigenvalue weighted by atomic mass is 9.81. The van der Waals surface area contributed by atoms with Crippen molar-refractivity contribution in [2.45, 2.75) is 31.6 Å². The van der Waals surface area contributed by atoms with E-state index >= 15 is 0 Å². The number of nitrogens with two attached hydrogens (primary N) is 1. The number of ether oxygens (including phenoxy) is 1. The van der Waals surface area contributed by atoms with Gasteiger partial charge in [0.2, 0.25) is 0 Å². The van der Waals surface area contributed by atoms with E-state index in [1.165, 1.54) is 23.3 Å². The first kappa shape index (κ1) is 17.1. The summed E-state index contributed by atoms with van der Waals surface area (Å²) in [7, 11) is 4.14. The first-order valence-corrected chi connectivity index (χ1v) is 8.42. The van der Waals surface area contributed by atoms with Crippen molar-refractivity contribution in [2.24, 2.45) is 5.73 Å². The molecule has 0 spiro atoms. The topological polar surface area (TPSA) is 38.5 Å². The van der Waals surface area contributed by atoms with Gasteiger partial charge in [0.1, 0.15) is 11.4 Å². The van der Waals surface area contributed by atoms with Crippen molar-refractivity contribution in [1.82, 2.24) is 4.90 Å². The second-order valence-electron chi connectivity index (χ2n) is 6.73. The summed E-state index contributed by atoms with van der Waals surface area (Å²) in [5.74, 6) is -0.223. The van der Waals surface area contributed by atoms with Gasteiger partial charge >= 0.3 is 0 Å². The lowest BCUT2D eigenvalue weighted by molar-refractivity contribution is -0.0140. The van der Waals surface area contributed by atoms with E-state index in [1.54, 1.807) is 0 Å². The number of benzene rings is 2. The third kappa shape index (κ3) is 3.22. The summed E-state index contributed by atoms with van der Waals surface area (Å²) in [5, 5.41) is 0. The molecular weight excluding hydrogens is 303 g/mol. The Kier molecular flexibility index (Phi) is 4.99. The van der Waals surface area contributed by atoms with Crippen molar-refractivity contribution >= 4 is 0 Å². The molecule has 1 aliphatic heterocycles. The minimum absolute atomic E-state index is 0.223. The Bertz CT molecular complexity index is 699. The molecule has 1 heterocycles. The van der Waals surface area contributed by atoms with Gasteiger partial charge in [-0.1, -0.05) is 30.3 Å². The molecule has 4 heteroatoms. The predicted molar refractivity (Wildman–Crippen MR) is 94.1 cm³/mol. The second-order valence-corrected chi connectivity index (χ2v) is 6.73. The van der Waals surface area contributed by atoms with Gasteiger partial charge in [-0.25, -0.2) is 4.39 Å². The number of hydrogen-bond acceptors (Lipinski definition) is 3. The molecule has 0 saturated carbocycles. The highest BCUT2D eigenvalue weighted by molar-refractivity contribution is 5.45. The summed E-state index contributed by atoms with van der Waals surface area (Å²) in [6.07, 6.45) is 1.87. The zero-order valence-electron chi connectivity index (χ0n) is 14.4. The molecule has 0 saturated heterocycles. The molecule has 2 aromatic carbocycles. The van der Waals surface area contributed by atoms with Crippen LogP contribution in [0.25, 0.3) is 0 Å². The molecule has 3 nitrogen and oxygen atoms in total. The van der Waals surface area contributed by atoms with Crippen LogP contribution in [0.4, 0.5) is 4.39 Å². The molecule has 1 unspecified atom stereocenters. The van der Waals surface area contributed by atoms with Crippen LogP contribution in [0.15, 0.2) is 42.5 Å². The summed E-state index contributed by atoms with van der Waals surface area (Å²) in [6, 6.07) is 13.0. The molecule has 128 valence electrons. The van der Waals surface area contributed by atoms with Gasteiger partial charge in [-0.05, 0) is 67.9 Å². The van der Waals surface area contributed by atoms with E-state index in [-0.39, 0.29) is 5.82 Å². The predicted octanol–water partition coefficient (Wildman–Crippen LogP) is 3.40. The van der Waals surface area contributed by atoms with Gasteiger partial charge in [-0.2, -0.15) is 0 Å². The lowest BCUT2D eigenvalue weighted by Crippen LogP contribution is -2.28. The summed E-state index contributed by atoms with van der Waals surface area (Å²) in [4.78, 5) is 2.17. The maximum atomic E-state index is 13.4. The molecule has 3 rings (SSSR count). The summed E-state index contributed by atoms with van der Waals surface area (Å²) >= 11 is 0. The third-order valence-corrected chi connectivity index (χ3v) is 4.76. The Morgan fingerprint density at radius 1 is 1.17 bits per heavy atom. The molecule has 0 amide bonds. The molecule has 0 fully saturated rings. The smallest absolute Gasteiger partial charge is 0.123 e. The fourth-order valence-electron chi connectivity index (χ4n) is 3.52.